The van der Waals surface area contributed by atoms with Crippen LogP contribution in [0, 0.1) is 0 Å². The minimum absolute atomic E-state index is 0. The van der Waals surface area contributed by atoms with Gasteiger partial charge in [0.25, 0.3) is 0 Å². The number of rotatable bonds is 3. The molecule has 0 saturated carbocycles. The SMILES string of the molecule is CCCCCN.F.c1cn[nH]c1. The van der Waals surface area contributed by atoms with Gasteiger partial charge in [0.2, 0.25) is 0 Å². The Balaban J connectivity index is 0. The first-order valence-corrected chi connectivity index (χ1v) is 4.05. The number of halogens is 1. The van der Waals surface area contributed by atoms with Crippen LogP contribution in [-0.4, -0.2) is 16.7 Å². The van der Waals surface area contributed by atoms with Gasteiger partial charge in [-0.3, -0.25) is 9.80 Å². The summed E-state index contributed by atoms with van der Waals surface area (Å²) in [5, 5.41) is 6.21. The Bertz CT molecular complexity index is 110. The number of H-pyrrole nitrogens is 1. The second-order valence-corrected chi connectivity index (χ2v) is 2.26. The largest absolute Gasteiger partial charge is 0.330 e. The standard InChI is InChI=1S/C5H13N.C3H4N2.FH/c1-2-3-4-5-6;1-2-4-5-3-1;/h2-6H2,1H3;1-3H,(H,4,5);1H. The second kappa shape index (κ2) is 12.7. The first-order valence-electron chi connectivity index (χ1n) is 4.05. The molecule has 72 valence electrons. The number of nitrogens with one attached hydrogen (secondary N) is 1. The van der Waals surface area contributed by atoms with E-state index in [1.165, 1.54) is 19.3 Å². The average molecular weight is 175 g/mol. The van der Waals surface area contributed by atoms with Gasteiger partial charge in [-0.15, -0.1) is 0 Å². The highest BCUT2D eigenvalue weighted by atomic mass is 19.0. The smallest absolute Gasteiger partial charge is 0.0487 e. The predicted octanol–water partition coefficient (Wildman–Crippen LogP) is 1.70. The normalized spacial score (nSPS) is 7.83. The van der Waals surface area contributed by atoms with Crippen molar-refractivity contribution in [3.05, 3.63) is 18.5 Å². The van der Waals surface area contributed by atoms with Crippen LogP contribution >= 0.6 is 0 Å². The van der Waals surface area contributed by atoms with Crippen molar-refractivity contribution in [1.29, 1.82) is 0 Å². The number of hydrogen-bond donors (Lipinski definition) is 2. The zero-order chi connectivity index (χ0) is 8.36. The number of unbranched alkanes of at least 4 members (excludes halogenated alkanes) is 2. The maximum atomic E-state index is 5.21. The molecule has 1 aromatic heterocycles. The summed E-state index contributed by atoms with van der Waals surface area (Å²) < 4.78 is 0. The molecule has 1 aromatic rings. The van der Waals surface area contributed by atoms with Crippen LogP contribution in [0.2, 0.25) is 0 Å². The Morgan fingerprint density at radius 2 is 2.17 bits per heavy atom. The summed E-state index contributed by atoms with van der Waals surface area (Å²) in [4.78, 5) is 0. The minimum Gasteiger partial charge on any atom is -0.330 e. The molecule has 3 N–H and O–H groups in total. The van der Waals surface area contributed by atoms with E-state index in [0.29, 0.717) is 0 Å². The van der Waals surface area contributed by atoms with E-state index in [0.717, 1.165) is 6.54 Å². The molecule has 0 unspecified atom stereocenters. The molecule has 4 heteroatoms. The molecule has 0 fully saturated rings. The zero-order valence-corrected chi connectivity index (χ0v) is 7.49. The maximum Gasteiger partial charge on any atom is 0.0487 e. The van der Waals surface area contributed by atoms with E-state index in [2.05, 4.69) is 17.1 Å². The fourth-order valence-electron chi connectivity index (χ4n) is 0.610. The van der Waals surface area contributed by atoms with Gasteiger partial charge in [0.1, 0.15) is 0 Å². The van der Waals surface area contributed by atoms with Gasteiger partial charge < -0.3 is 5.73 Å². The van der Waals surface area contributed by atoms with E-state index in [1.807, 2.05) is 6.07 Å². The minimum atomic E-state index is 0. The Labute approximate surface area is 72.7 Å². The molecular weight excluding hydrogens is 157 g/mol. The molecule has 12 heavy (non-hydrogen) atoms. The van der Waals surface area contributed by atoms with Gasteiger partial charge in [-0.25, -0.2) is 0 Å². The summed E-state index contributed by atoms with van der Waals surface area (Å²) in [6.07, 6.45) is 7.21. The summed E-state index contributed by atoms with van der Waals surface area (Å²) in [6, 6.07) is 1.83. The summed E-state index contributed by atoms with van der Waals surface area (Å²) in [5.41, 5.74) is 5.21. The molecule has 0 radical (unpaired) electrons. The van der Waals surface area contributed by atoms with Gasteiger partial charge in [0.15, 0.2) is 0 Å². The summed E-state index contributed by atoms with van der Waals surface area (Å²) in [5.74, 6) is 0. The summed E-state index contributed by atoms with van der Waals surface area (Å²) >= 11 is 0. The topological polar surface area (TPSA) is 54.7 Å². The Kier molecular flexibility index (Phi) is 14.5. The van der Waals surface area contributed by atoms with Crippen molar-refractivity contribution in [3.63, 3.8) is 0 Å². The lowest BCUT2D eigenvalue weighted by atomic mass is 10.3. The van der Waals surface area contributed by atoms with E-state index in [-0.39, 0.29) is 4.70 Å². The molecule has 0 aliphatic heterocycles. The average Bonchev–Trinajstić information content (AvgIpc) is 2.57. The Hall–Kier alpha value is -0.900. The number of nitrogens with two attached hydrogens (primary N) is 1. The van der Waals surface area contributed by atoms with Gasteiger partial charge in [-0.1, -0.05) is 19.8 Å². The van der Waals surface area contributed by atoms with Crippen molar-refractivity contribution in [2.75, 3.05) is 6.54 Å². The first-order chi connectivity index (χ1) is 5.41. The molecular formula is C8H18FN3. The molecule has 3 nitrogen and oxygen atoms in total. The maximum absolute atomic E-state index is 5.21. The van der Waals surface area contributed by atoms with Gasteiger partial charge >= 0.3 is 0 Å². The third-order valence-corrected chi connectivity index (χ3v) is 1.21. The summed E-state index contributed by atoms with van der Waals surface area (Å²) in [6.45, 7) is 3.03. The van der Waals surface area contributed by atoms with Crippen molar-refractivity contribution in [3.8, 4) is 0 Å². The van der Waals surface area contributed by atoms with Gasteiger partial charge in [0.05, 0.1) is 0 Å². The van der Waals surface area contributed by atoms with E-state index in [1.54, 1.807) is 12.4 Å². The van der Waals surface area contributed by atoms with Crippen LogP contribution in [0.5, 0.6) is 0 Å². The van der Waals surface area contributed by atoms with Crippen LogP contribution in [0.1, 0.15) is 26.2 Å². The fraction of sp³-hybridized carbons (Fsp3) is 0.625. The van der Waals surface area contributed by atoms with Crippen molar-refractivity contribution in [2.45, 2.75) is 26.2 Å². The molecule has 0 saturated heterocycles. The van der Waals surface area contributed by atoms with Crippen molar-refractivity contribution in [1.82, 2.24) is 10.2 Å². The third-order valence-electron chi connectivity index (χ3n) is 1.21. The number of aromatic amines is 1. The molecule has 0 amide bonds. The Morgan fingerprint density at radius 3 is 2.33 bits per heavy atom. The molecule has 1 rings (SSSR count). The Morgan fingerprint density at radius 1 is 1.42 bits per heavy atom. The number of hydrogen-bond acceptors (Lipinski definition) is 2. The van der Waals surface area contributed by atoms with Crippen LogP contribution in [0.4, 0.5) is 4.70 Å². The zero-order valence-electron chi connectivity index (χ0n) is 7.49. The van der Waals surface area contributed by atoms with Crippen molar-refractivity contribution < 1.29 is 4.70 Å². The van der Waals surface area contributed by atoms with Gasteiger partial charge in [0, 0.05) is 12.4 Å². The number of nitrogens with zero attached hydrogens (tertiary/aromatic N) is 1. The van der Waals surface area contributed by atoms with E-state index < -0.39 is 0 Å². The molecule has 0 spiro atoms. The quantitative estimate of drug-likeness (QED) is 0.687. The molecule has 0 aliphatic carbocycles. The lowest BCUT2D eigenvalue weighted by Gasteiger charge is -1.86. The van der Waals surface area contributed by atoms with Crippen LogP contribution in [0.25, 0.3) is 0 Å². The highest BCUT2D eigenvalue weighted by molar-refractivity contribution is 4.72. The second-order valence-electron chi connectivity index (χ2n) is 2.26. The van der Waals surface area contributed by atoms with Crippen LogP contribution in [-0.2, 0) is 0 Å². The monoisotopic (exact) mass is 175 g/mol. The molecule has 1 heterocycles. The molecule has 0 aromatic carbocycles. The van der Waals surface area contributed by atoms with E-state index in [4.69, 9.17) is 5.73 Å². The fourth-order valence-corrected chi connectivity index (χ4v) is 0.610. The highest BCUT2D eigenvalue weighted by Crippen LogP contribution is 1.88. The van der Waals surface area contributed by atoms with Gasteiger partial charge in [-0.2, -0.15) is 5.10 Å². The van der Waals surface area contributed by atoms with E-state index >= 15 is 0 Å². The van der Waals surface area contributed by atoms with Crippen LogP contribution in [0.3, 0.4) is 0 Å². The van der Waals surface area contributed by atoms with Crippen molar-refractivity contribution in [2.24, 2.45) is 5.73 Å². The summed E-state index contributed by atoms with van der Waals surface area (Å²) in [7, 11) is 0. The molecule has 0 bridgehead atoms. The highest BCUT2D eigenvalue weighted by Gasteiger charge is 1.75. The lowest BCUT2D eigenvalue weighted by Crippen LogP contribution is -1.96. The first kappa shape index (κ1) is 13.7. The molecule has 0 atom stereocenters. The van der Waals surface area contributed by atoms with Crippen LogP contribution in [0.15, 0.2) is 18.5 Å². The molecule has 0 aliphatic rings. The number of aromatic nitrogens is 2. The van der Waals surface area contributed by atoms with Gasteiger partial charge in [-0.05, 0) is 19.0 Å². The van der Waals surface area contributed by atoms with Crippen LogP contribution < -0.4 is 5.73 Å². The van der Waals surface area contributed by atoms with Crippen molar-refractivity contribution >= 4 is 0 Å². The predicted molar refractivity (Wildman–Crippen MR) is 49.7 cm³/mol. The third kappa shape index (κ3) is 11.8. The lowest BCUT2D eigenvalue weighted by molar-refractivity contribution is 0.727. The van der Waals surface area contributed by atoms with E-state index in [9.17, 15) is 0 Å².